The molecule has 2 aliphatic carbocycles. The molecule has 0 atom stereocenters. The summed E-state index contributed by atoms with van der Waals surface area (Å²) in [6.07, 6.45) is 7.17. The van der Waals surface area contributed by atoms with Crippen molar-refractivity contribution in [3.8, 4) is 22.7 Å². The number of hydrogen-bond donors (Lipinski definition) is 0. The van der Waals surface area contributed by atoms with E-state index in [1.807, 2.05) is 48.5 Å². The van der Waals surface area contributed by atoms with Gasteiger partial charge in [0.05, 0.1) is 33.6 Å². The molecule has 7 aromatic carbocycles. The molecule has 75 heavy (non-hydrogen) atoms. The number of aliphatic imine (C=N–C) groups is 1. The van der Waals surface area contributed by atoms with Crippen LogP contribution in [0.1, 0.15) is 84.7 Å². The Morgan fingerprint density at radius 1 is 0.707 bits per heavy atom. The van der Waals surface area contributed by atoms with Gasteiger partial charge in [0.15, 0.2) is 0 Å². The van der Waals surface area contributed by atoms with Crippen molar-refractivity contribution >= 4 is 91.6 Å². The van der Waals surface area contributed by atoms with Crippen molar-refractivity contribution in [1.82, 2.24) is 9.05 Å². The molecule has 0 saturated carbocycles. The summed E-state index contributed by atoms with van der Waals surface area (Å²) in [5, 5.41) is 4.30. The number of aryl methyl sites for hydroxylation is 3. The van der Waals surface area contributed by atoms with E-state index in [9.17, 15) is 14.4 Å². The molecule has 0 bridgehead atoms. The maximum absolute atomic E-state index is 15.7. The summed E-state index contributed by atoms with van der Waals surface area (Å²) in [6, 6.07) is 41.7. The second kappa shape index (κ2) is 18.0. The molecule has 8 nitrogen and oxygen atoms in total. The number of hydrogen-bond acceptors (Lipinski definition) is 6. The van der Waals surface area contributed by atoms with Gasteiger partial charge >= 0.3 is 5.97 Å². The van der Waals surface area contributed by atoms with Gasteiger partial charge < -0.3 is 17.9 Å². The quantitative estimate of drug-likeness (QED) is 0.0521. The van der Waals surface area contributed by atoms with Crippen molar-refractivity contribution in [2.75, 3.05) is 0 Å². The highest BCUT2D eigenvalue weighted by atomic mass is 35.5. The topological polar surface area (TPSA) is 95.8 Å². The molecule has 368 valence electrons. The van der Waals surface area contributed by atoms with E-state index in [-0.39, 0.29) is 27.6 Å². The van der Waals surface area contributed by atoms with Crippen molar-refractivity contribution < 1.29 is 18.3 Å². The fraction of sp³-hybridized carbons (Fsp3) is 0.175. The molecule has 12 heteroatoms. The van der Waals surface area contributed by atoms with Gasteiger partial charge in [0, 0.05) is 74.8 Å². The Bertz CT molecular complexity index is 4250. The van der Waals surface area contributed by atoms with Crippen molar-refractivity contribution in [2.24, 2.45) is 4.99 Å². The fourth-order valence-corrected chi connectivity index (χ4v) is 12.4. The number of carbonyl (C=O) groups is 1. The molecule has 10 aromatic rings. The zero-order valence-corrected chi connectivity index (χ0v) is 42.8. The highest BCUT2D eigenvalue weighted by Crippen LogP contribution is 2.46. The Morgan fingerprint density at radius 3 is 2.07 bits per heavy atom. The number of esters is 1. The molecule has 0 saturated heterocycles. The summed E-state index contributed by atoms with van der Waals surface area (Å²) in [7, 11) is 0.604. The number of pyridine rings is 1. The van der Waals surface area contributed by atoms with Crippen LogP contribution in [0, 0.1) is 0 Å². The molecule has 0 spiro atoms. The number of fused-ring (bicyclic) bond motifs is 8. The van der Waals surface area contributed by atoms with Gasteiger partial charge in [0.25, 0.3) is 11.1 Å². The third kappa shape index (κ3) is 7.79. The molecule has 13 rings (SSSR count). The van der Waals surface area contributed by atoms with Crippen molar-refractivity contribution in [1.29, 1.82) is 0 Å². The van der Waals surface area contributed by atoms with Crippen LogP contribution >= 0.6 is 23.2 Å². The second-order valence-corrected chi connectivity index (χ2v) is 21.7. The lowest BCUT2D eigenvalue weighted by Gasteiger charge is -2.25. The van der Waals surface area contributed by atoms with Gasteiger partial charge in [-0.25, -0.2) is 9.56 Å². The maximum atomic E-state index is 15.7. The average molecular weight is 1030 g/mol. The molecular weight excluding hydrogens is 979 g/mol. The second-order valence-electron chi connectivity index (χ2n) is 20.9. The van der Waals surface area contributed by atoms with Crippen LogP contribution in [0.4, 0.5) is 4.32 Å². The number of carbonyl (C=O) groups excluding carboxylic acids is 1. The van der Waals surface area contributed by atoms with Crippen LogP contribution in [0.25, 0.3) is 66.0 Å². The summed E-state index contributed by atoms with van der Waals surface area (Å²) in [6.45, 7) is 6.47. The van der Waals surface area contributed by atoms with Gasteiger partial charge in [-0.3, -0.25) is 14.4 Å². The van der Waals surface area contributed by atoms with Crippen LogP contribution in [0.3, 0.4) is 0 Å². The van der Waals surface area contributed by atoms with Crippen molar-refractivity contribution in [3.05, 3.63) is 226 Å². The van der Waals surface area contributed by atoms with Gasteiger partial charge in [0.1, 0.15) is 16.9 Å². The zero-order chi connectivity index (χ0) is 51.4. The summed E-state index contributed by atoms with van der Waals surface area (Å²) >= 11 is 14.5. The number of ether oxygens (including phenoxy) is 1. The summed E-state index contributed by atoms with van der Waals surface area (Å²) in [4.78, 5) is 47.6. The standard InChI is InChI=1S/C63H46BCl2FN3O5/c1-63(2,3)39-20-26-52-47(31-39)44-23-24-45-55-46(25-27-53(75-52)56(44)55)62(73)69(61(45)72)40-21-18-34(19-22-40)28-54(71)74-41-32-48(65)57(49(66)33-41)58(50-29-37-14-8-12-35-10-4-6-16-42(35)59(37)68-50)51-30-38-15-9-13-36-11-5-7-17-43(36)60(38)70(51)64-67/h4-7,10-11,16-27,29-33H,8-9,12-15,28H2,1-3H3/q-1/b58-50+. The molecule has 3 aliphatic rings. The molecule has 0 fully saturated rings. The van der Waals surface area contributed by atoms with Crippen LogP contribution in [0.5, 0.6) is 5.75 Å². The first-order valence-corrected chi connectivity index (χ1v) is 26.1. The van der Waals surface area contributed by atoms with E-state index >= 15 is 4.32 Å². The van der Waals surface area contributed by atoms with Crippen LogP contribution < -0.4 is 15.9 Å². The Kier molecular flexibility index (Phi) is 11.2. The third-order valence-electron chi connectivity index (χ3n) is 15.3. The maximum Gasteiger partial charge on any atom is 0.315 e. The van der Waals surface area contributed by atoms with Gasteiger partial charge in [-0.15, -0.1) is 0 Å². The molecule has 1 aliphatic heterocycles. The molecule has 3 aromatic heterocycles. The van der Waals surface area contributed by atoms with E-state index in [1.165, 1.54) is 10.1 Å². The largest absolute Gasteiger partial charge is 0.570 e. The van der Waals surface area contributed by atoms with Crippen LogP contribution in [-0.4, -0.2) is 28.4 Å². The predicted molar refractivity (Wildman–Crippen MR) is 300 cm³/mol. The third-order valence-corrected chi connectivity index (χ3v) is 15.9. The van der Waals surface area contributed by atoms with E-state index in [2.05, 4.69) is 57.2 Å². The number of halogens is 3. The SMILES string of the molecule is CC(C)(C)c1ccc2oc3ccc4c(=O)n(-c5ccc(CC(=O)Oc6cc(Cl)c(/C(=C7\C=C8CCCc9ccccc9C8=N7)c7cc8c(n7[B-]F)-c7ccccc7CCC8)c(Cl)c6)cc5)c(=O)c5ccc(c2c1)c3c45. The number of benzene rings is 7. The van der Waals surface area contributed by atoms with Gasteiger partial charge in [-0.05, 0) is 143 Å². The van der Waals surface area contributed by atoms with Crippen LogP contribution in [-0.2, 0) is 35.9 Å². The monoisotopic (exact) mass is 1020 g/mol. The lowest BCUT2D eigenvalue weighted by atomic mass is 9.85. The average Bonchev–Trinajstić information content (AvgIpc) is 3.87. The number of rotatable bonds is 7. The normalized spacial score (nSPS) is 15.1. The lowest BCUT2D eigenvalue weighted by molar-refractivity contribution is -0.133. The number of aromatic nitrogens is 2. The van der Waals surface area contributed by atoms with Gasteiger partial charge in [-0.1, -0.05) is 117 Å². The number of allylic oxidation sites excluding steroid dienone is 2. The highest BCUT2D eigenvalue weighted by molar-refractivity contribution is 6.39. The Morgan fingerprint density at radius 2 is 1.35 bits per heavy atom. The van der Waals surface area contributed by atoms with Crippen molar-refractivity contribution in [2.45, 2.75) is 71.1 Å². The fourth-order valence-electron chi connectivity index (χ4n) is 11.7. The highest BCUT2D eigenvalue weighted by Gasteiger charge is 2.30. The minimum absolute atomic E-state index is 0.0957. The first-order chi connectivity index (χ1) is 36.3. The van der Waals surface area contributed by atoms with E-state index in [0.717, 1.165) is 105 Å². The summed E-state index contributed by atoms with van der Waals surface area (Å²) in [5.41, 5.74) is 12.7. The Hall–Kier alpha value is -7.79. The summed E-state index contributed by atoms with van der Waals surface area (Å²) < 4.78 is 30.7. The van der Waals surface area contributed by atoms with Gasteiger partial charge in [-0.2, -0.15) is 0 Å². The molecule has 0 unspecified atom stereocenters. The Balaban J connectivity index is 0.826. The first kappa shape index (κ1) is 47.0. The van der Waals surface area contributed by atoms with Gasteiger partial charge in [0.2, 0.25) is 0 Å². The summed E-state index contributed by atoms with van der Waals surface area (Å²) in [5.74, 6) is -0.466. The molecule has 0 N–H and O–H groups in total. The van der Waals surface area contributed by atoms with Crippen LogP contribution in [0.2, 0.25) is 10.0 Å². The van der Waals surface area contributed by atoms with E-state index < -0.39 is 17.1 Å². The zero-order valence-electron chi connectivity index (χ0n) is 41.3. The van der Waals surface area contributed by atoms with E-state index in [1.54, 1.807) is 59.1 Å². The number of nitrogens with zero attached hydrogens (tertiary/aromatic N) is 3. The molecule has 4 heterocycles. The minimum Gasteiger partial charge on any atom is -0.570 e. The molecule has 2 radical (unpaired) electrons. The smallest absolute Gasteiger partial charge is 0.315 e. The van der Waals surface area contributed by atoms with Crippen molar-refractivity contribution in [3.63, 3.8) is 0 Å². The minimum atomic E-state index is -0.590. The Labute approximate surface area is 441 Å². The molecule has 0 amide bonds. The lowest BCUT2D eigenvalue weighted by Crippen LogP contribution is -2.31. The predicted octanol–water partition coefficient (Wildman–Crippen LogP) is 14.4. The first-order valence-electron chi connectivity index (χ1n) is 25.3. The van der Waals surface area contributed by atoms with E-state index in [0.29, 0.717) is 63.2 Å². The van der Waals surface area contributed by atoms with Crippen LogP contribution in [0.15, 0.2) is 170 Å². The molecular formula is C63H46BCl2FN3O5-. The van der Waals surface area contributed by atoms with E-state index in [4.69, 9.17) is 37.3 Å².